The predicted molar refractivity (Wildman–Crippen MR) is 128 cm³/mol. The summed E-state index contributed by atoms with van der Waals surface area (Å²) in [6.45, 7) is 6.97. The Kier molecular flexibility index (Phi) is 11.8. The maximum absolute atomic E-state index is 13.0. The number of nitrogens with one attached hydrogen (secondary N) is 2. The van der Waals surface area contributed by atoms with E-state index >= 15 is 0 Å². The second kappa shape index (κ2) is 14.4. The summed E-state index contributed by atoms with van der Waals surface area (Å²) in [7, 11) is 0. The molecule has 30 heavy (non-hydrogen) atoms. The fourth-order valence-electron chi connectivity index (χ4n) is 3.22. The average Bonchev–Trinajstić information content (AvgIpc) is 3.26. The van der Waals surface area contributed by atoms with Crippen molar-refractivity contribution < 1.29 is 13.5 Å². The number of morpholine rings is 1. The Bertz CT molecular complexity index is 719. The molecule has 6 nitrogen and oxygen atoms in total. The van der Waals surface area contributed by atoms with Gasteiger partial charge in [0.15, 0.2) is 5.96 Å². The van der Waals surface area contributed by atoms with Crippen molar-refractivity contribution in [2.75, 3.05) is 52.5 Å². The number of benzene rings is 1. The van der Waals surface area contributed by atoms with E-state index in [-0.39, 0.29) is 29.8 Å². The number of furan rings is 1. The molecular formula is C22H32FIN4O2. The SMILES string of the molecule is Fc1ccc(CCNC(=NCCCN2CCOCC2)NCCc2ccco2)cc1.I. The van der Waals surface area contributed by atoms with Crippen molar-refractivity contribution in [1.29, 1.82) is 0 Å². The summed E-state index contributed by atoms with van der Waals surface area (Å²) in [5.41, 5.74) is 1.10. The lowest BCUT2D eigenvalue weighted by atomic mass is 10.1. The summed E-state index contributed by atoms with van der Waals surface area (Å²) in [6, 6.07) is 10.5. The van der Waals surface area contributed by atoms with Crippen molar-refractivity contribution in [3.8, 4) is 0 Å². The van der Waals surface area contributed by atoms with Gasteiger partial charge in [0.1, 0.15) is 11.6 Å². The molecule has 2 heterocycles. The molecule has 166 valence electrons. The minimum Gasteiger partial charge on any atom is -0.469 e. The van der Waals surface area contributed by atoms with Crippen molar-refractivity contribution in [2.24, 2.45) is 4.99 Å². The Morgan fingerprint density at radius 3 is 2.47 bits per heavy atom. The van der Waals surface area contributed by atoms with Gasteiger partial charge in [-0.3, -0.25) is 9.89 Å². The molecule has 0 bridgehead atoms. The Morgan fingerprint density at radius 2 is 1.77 bits per heavy atom. The van der Waals surface area contributed by atoms with Gasteiger partial charge in [0.05, 0.1) is 19.5 Å². The lowest BCUT2D eigenvalue weighted by Gasteiger charge is -2.26. The van der Waals surface area contributed by atoms with Crippen LogP contribution < -0.4 is 10.6 Å². The molecule has 3 rings (SSSR count). The van der Waals surface area contributed by atoms with Gasteiger partial charge in [-0.05, 0) is 42.7 Å². The minimum absolute atomic E-state index is 0. The molecule has 2 N–H and O–H groups in total. The van der Waals surface area contributed by atoms with E-state index in [2.05, 4.69) is 15.5 Å². The maximum Gasteiger partial charge on any atom is 0.191 e. The molecule has 0 aliphatic carbocycles. The largest absolute Gasteiger partial charge is 0.469 e. The van der Waals surface area contributed by atoms with Crippen molar-refractivity contribution >= 4 is 29.9 Å². The van der Waals surface area contributed by atoms with Gasteiger partial charge >= 0.3 is 0 Å². The third kappa shape index (κ3) is 9.44. The molecule has 1 aliphatic rings. The van der Waals surface area contributed by atoms with Crippen LogP contribution in [0.4, 0.5) is 4.39 Å². The number of aliphatic imine (C=N–C) groups is 1. The molecule has 8 heteroatoms. The van der Waals surface area contributed by atoms with Crippen LogP contribution in [0.2, 0.25) is 0 Å². The summed E-state index contributed by atoms with van der Waals surface area (Å²) in [5.74, 6) is 1.56. The quantitative estimate of drug-likeness (QED) is 0.214. The van der Waals surface area contributed by atoms with Crippen LogP contribution >= 0.6 is 24.0 Å². The molecular weight excluding hydrogens is 498 g/mol. The molecule has 0 saturated carbocycles. The summed E-state index contributed by atoms with van der Waals surface area (Å²) in [5, 5.41) is 6.76. The summed E-state index contributed by atoms with van der Waals surface area (Å²) < 4.78 is 23.8. The molecule has 1 saturated heterocycles. The smallest absolute Gasteiger partial charge is 0.191 e. The third-order valence-electron chi connectivity index (χ3n) is 4.87. The van der Waals surface area contributed by atoms with Gasteiger partial charge < -0.3 is 19.8 Å². The predicted octanol–water partition coefficient (Wildman–Crippen LogP) is 3.08. The number of halogens is 2. The highest BCUT2D eigenvalue weighted by molar-refractivity contribution is 14.0. The first-order chi connectivity index (χ1) is 14.3. The average molecular weight is 530 g/mol. The first-order valence-corrected chi connectivity index (χ1v) is 10.4. The molecule has 2 aromatic rings. The number of ether oxygens (including phenoxy) is 1. The minimum atomic E-state index is -0.205. The van der Waals surface area contributed by atoms with Gasteiger partial charge in [-0.15, -0.1) is 24.0 Å². The van der Waals surface area contributed by atoms with E-state index in [0.717, 1.165) is 89.0 Å². The molecule has 0 radical (unpaired) electrons. The summed E-state index contributed by atoms with van der Waals surface area (Å²) >= 11 is 0. The number of hydrogen-bond donors (Lipinski definition) is 2. The molecule has 1 aliphatic heterocycles. The lowest BCUT2D eigenvalue weighted by Crippen LogP contribution is -2.40. The zero-order chi connectivity index (χ0) is 20.2. The van der Waals surface area contributed by atoms with Crippen LogP contribution in [0.1, 0.15) is 17.7 Å². The number of rotatable bonds is 10. The number of hydrogen-bond acceptors (Lipinski definition) is 4. The summed E-state index contributed by atoms with van der Waals surface area (Å²) in [4.78, 5) is 7.14. The Labute approximate surface area is 195 Å². The van der Waals surface area contributed by atoms with Crippen LogP contribution in [-0.4, -0.2) is 63.3 Å². The standard InChI is InChI=1S/C22H31FN4O2.HI/c23-20-6-4-19(5-7-20)8-11-25-22(26-12-9-21-3-1-16-29-21)24-10-2-13-27-14-17-28-18-15-27;/h1,3-7,16H,2,8-15,17-18H2,(H2,24,25,26);1H. The van der Waals surface area contributed by atoms with Crippen LogP contribution in [0.3, 0.4) is 0 Å². The lowest BCUT2D eigenvalue weighted by molar-refractivity contribution is 0.0377. The first-order valence-electron chi connectivity index (χ1n) is 10.4. The fourth-order valence-corrected chi connectivity index (χ4v) is 3.22. The van der Waals surface area contributed by atoms with Crippen molar-refractivity contribution in [1.82, 2.24) is 15.5 Å². The molecule has 0 amide bonds. The molecule has 0 unspecified atom stereocenters. The molecule has 0 atom stereocenters. The maximum atomic E-state index is 13.0. The van der Waals surface area contributed by atoms with E-state index in [1.807, 2.05) is 24.3 Å². The van der Waals surface area contributed by atoms with Gasteiger partial charge in [-0.2, -0.15) is 0 Å². The Morgan fingerprint density at radius 1 is 1.03 bits per heavy atom. The van der Waals surface area contributed by atoms with Gasteiger partial charge in [0.25, 0.3) is 0 Å². The highest BCUT2D eigenvalue weighted by Crippen LogP contribution is 2.03. The van der Waals surface area contributed by atoms with E-state index < -0.39 is 0 Å². The molecule has 1 fully saturated rings. The van der Waals surface area contributed by atoms with Gasteiger partial charge in [-0.25, -0.2) is 4.39 Å². The van der Waals surface area contributed by atoms with Crippen molar-refractivity contribution in [2.45, 2.75) is 19.3 Å². The molecule has 1 aromatic carbocycles. The molecule has 1 aromatic heterocycles. The van der Waals surface area contributed by atoms with E-state index in [9.17, 15) is 4.39 Å². The van der Waals surface area contributed by atoms with Gasteiger partial charge in [0, 0.05) is 45.7 Å². The summed E-state index contributed by atoms with van der Waals surface area (Å²) in [6.07, 6.45) is 4.33. The van der Waals surface area contributed by atoms with Crippen LogP contribution in [0.15, 0.2) is 52.1 Å². The van der Waals surface area contributed by atoms with Crippen LogP contribution in [0, 0.1) is 5.82 Å². The van der Waals surface area contributed by atoms with Crippen LogP contribution in [0.25, 0.3) is 0 Å². The monoisotopic (exact) mass is 530 g/mol. The normalized spacial score (nSPS) is 14.9. The first kappa shape index (κ1) is 24.6. The van der Waals surface area contributed by atoms with Crippen LogP contribution in [-0.2, 0) is 17.6 Å². The van der Waals surface area contributed by atoms with Crippen molar-refractivity contribution in [3.05, 3.63) is 59.8 Å². The van der Waals surface area contributed by atoms with E-state index in [1.54, 1.807) is 6.26 Å². The molecule has 0 spiro atoms. The van der Waals surface area contributed by atoms with E-state index in [1.165, 1.54) is 12.1 Å². The fraction of sp³-hybridized carbons (Fsp3) is 0.500. The van der Waals surface area contributed by atoms with E-state index in [0.29, 0.717) is 0 Å². The van der Waals surface area contributed by atoms with Gasteiger partial charge in [-0.1, -0.05) is 12.1 Å². The number of nitrogens with zero attached hydrogens (tertiary/aromatic N) is 2. The second-order valence-corrected chi connectivity index (χ2v) is 7.10. The van der Waals surface area contributed by atoms with Gasteiger partial charge in [0.2, 0.25) is 0 Å². The van der Waals surface area contributed by atoms with E-state index in [4.69, 9.17) is 14.1 Å². The Balaban J connectivity index is 0.00000320. The second-order valence-electron chi connectivity index (χ2n) is 7.10. The zero-order valence-corrected chi connectivity index (χ0v) is 19.6. The zero-order valence-electron chi connectivity index (χ0n) is 17.3. The highest BCUT2D eigenvalue weighted by Gasteiger charge is 2.09. The Hall–Kier alpha value is -1.65. The third-order valence-corrected chi connectivity index (χ3v) is 4.87. The topological polar surface area (TPSA) is 62.0 Å². The number of guanidine groups is 1. The highest BCUT2D eigenvalue weighted by atomic mass is 127. The van der Waals surface area contributed by atoms with Crippen LogP contribution in [0.5, 0.6) is 0 Å². The van der Waals surface area contributed by atoms with Crippen molar-refractivity contribution in [3.63, 3.8) is 0 Å².